The number of hydrogen-bond acceptors (Lipinski definition) is 3. The topological polar surface area (TPSA) is 35.5 Å². The quantitative estimate of drug-likeness (QED) is 0.581. The van der Waals surface area contributed by atoms with Crippen molar-refractivity contribution >= 4 is 7.60 Å². The molecule has 0 saturated carbocycles. The molecule has 1 unspecified atom stereocenters. The van der Waals surface area contributed by atoms with Crippen LogP contribution >= 0.6 is 7.60 Å². The zero-order valence-electron chi connectivity index (χ0n) is 6.69. The van der Waals surface area contributed by atoms with Gasteiger partial charge in [0.25, 0.3) is 0 Å². The van der Waals surface area contributed by atoms with E-state index < -0.39 is 7.60 Å². The number of fused-ring (bicyclic) bond motifs is 1. The lowest BCUT2D eigenvalue weighted by Gasteiger charge is -2.22. The van der Waals surface area contributed by atoms with Gasteiger partial charge in [-0.15, -0.1) is 0 Å². The molecular weight excluding hydrogens is 175 g/mol. The molecule has 0 N–H and O–H groups in total. The first-order valence-electron chi connectivity index (χ1n) is 3.67. The van der Waals surface area contributed by atoms with Crippen molar-refractivity contribution < 1.29 is 13.6 Å². The van der Waals surface area contributed by atoms with Gasteiger partial charge < -0.3 is 4.52 Å². The number of rotatable bonds is 0. The summed E-state index contributed by atoms with van der Waals surface area (Å²) in [5.41, 5.74) is 0.950. The van der Waals surface area contributed by atoms with E-state index in [-0.39, 0.29) is 0 Å². The van der Waals surface area contributed by atoms with Crippen molar-refractivity contribution in [2.24, 2.45) is 0 Å². The van der Waals surface area contributed by atoms with E-state index in [9.17, 15) is 4.57 Å². The van der Waals surface area contributed by atoms with Gasteiger partial charge in [0.15, 0.2) is 0 Å². The maximum atomic E-state index is 11.4. The summed E-state index contributed by atoms with van der Waals surface area (Å²) in [5.74, 6) is 0.676. The van der Waals surface area contributed by atoms with Gasteiger partial charge in [-0.2, -0.15) is 0 Å². The molecule has 0 radical (unpaired) electrons. The minimum absolute atomic E-state index is 0.379. The monoisotopic (exact) mass is 184 g/mol. The van der Waals surface area contributed by atoms with Gasteiger partial charge in [0.2, 0.25) is 0 Å². The van der Waals surface area contributed by atoms with Crippen LogP contribution < -0.4 is 4.52 Å². The Kier molecular flexibility index (Phi) is 1.71. The fourth-order valence-electron chi connectivity index (χ4n) is 1.10. The summed E-state index contributed by atoms with van der Waals surface area (Å²) in [4.78, 5) is 0. The predicted molar refractivity (Wildman–Crippen MR) is 45.4 cm³/mol. The van der Waals surface area contributed by atoms with E-state index in [0.29, 0.717) is 12.4 Å². The largest absolute Gasteiger partial charge is 0.424 e. The standard InChI is InChI=1S/C8H9O3P/c1-12(9)10-6-7-4-2-3-5-8(7)11-12/h2-5H,6H2,1H3. The smallest absolute Gasteiger partial charge is 0.376 e. The average Bonchev–Trinajstić information content (AvgIpc) is 2.02. The SMILES string of the molecule is CP1(=O)OCc2ccccc2O1. The molecule has 1 heterocycles. The first-order valence-corrected chi connectivity index (χ1v) is 5.66. The third-order valence-corrected chi connectivity index (χ3v) is 2.82. The predicted octanol–water partition coefficient (Wildman–Crippen LogP) is 2.42. The summed E-state index contributed by atoms with van der Waals surface area (Å²) in [6, 6.07) is 7.45. The lowest BCUT2D eigenvalue weighted by Crippen LogP contribution is -2.05. The van der Waals surface area contributed by atoms with Crippen LogP contribution in [0.25, 0.3) is 0 Å². The van der Waals surface area contributed by atoms with Crippen molar-refractivity contribution in [3.05, 3.63) is 29.8 Å². The Hall–Kier alpha value is -0.790. The normalized spacial score (nSPS) is 27.4. The van der Waals surface area contributed by atoms with Crippen molar-refractivity contribution in [3.8, 4) is 5.75 Å². The fourth-order valence-corrected chi connectivity index (χ4v) is 2.07. The Morgan fingerprint density at radius 3 is 3.00 bits per heavy atom. The summed E-state index contributed by atoms with van der Waals surface area (Å²) in [6.45, 7) is 1.85. The van der Waals surface area contributed by atoms with Crippen molar-refractivity contribution in [3.63, 3.8) is 0 Å². The van der Waals surface area contributed by atoms with Crippen molar-refractivity contribution in [2.75, 3.05) is 6.66 Å². The van der Waals surface area contributed by atoms with Gasteiger partial charge in [-0.3, -0.25) is 4.52 Å². The van der Waals surface area contributed by atoms with Crippen molar-refractivity contribution in [2.45, 2.75) is 6.61 Å². The van der Waals surface area contributed by atoms with Crippen LogP contribution in [0.4, 0.5) is 0 Å². The minimum Gasteiger partial charge on any atom is -0.424 e. The van der Waals surface area contributed by atoms with Crippen LogP contribution in [0.3, 0.4) is 0 Å². The third-order valence-electron chi connectivity index (χ3n) is 1.69. The van der Waals surface area contributed by atoms with Gasteiger partial charge in [0.05, 0.1) is 6.61 Å². The van der Waals surface area contributed by atoms with E-state index >= 15 is 0 Å². The number of hydrogen-bond donors (Lipinski definition) is 0. The van der Waals surface area contributed by atoms with Crippen LogP contribution in [0.1, 0.15) is 5.56 Å². The molecule has 0 aliphatic carbocycles. The first kappa shape index (κ1) is 7.84. The Morgan fingerprint density at radius 1 is 1.42 bits per heavy atom. The highest BCUT2D eigenvalue weighted by Crippen LogP contribution is 2.49. The summed E-state index contributed by atoms with van der Waals surface area (Å²) in [5, 5.41) is 0. The Balaban J connectivity index is 2.42. The summed E-state index contributed by atoms with van der Waals surface area (Å²) >= 11 is 0. The van der Waals surface area contributed by atoms with E-state index in [2.05, 4.69) is 0 Å². The van der Waals surface area contributed by atoms with Gasteiger partial charge in [0.1, 0.15) is 5.75 Å². The molecule has 1 atom stereocenters. The molecule has 1 aromatic carbocycles. The molecule has 0 bridgehead atoms. The number of para-hydroxylation sites is 1. The zero-order chi connectivity index (χ0) is 8.60. The first-order chi connectivity index (χ1) is 5.67. The second kappa shape index (κ2) is 2.61. The van der Waals surface area contributed by atoms with E-state index in [1.54, 1.807) is 6.07 Å². The fraction of sp³-hybridized carbons (Fsp3) is 0.250. The van der Waals surface area contributed by atoms with Crippen LogP contribution in [0.5, 0.6) is 5.75 Å². The van der Waals surface area contributed by atoms with Crippen LogP contribution in [0, 0.1) is 0 Å². The molecule has 0 amide bonds. The van der Waals surface area contributed by atoms with Gasteiger partial charge >= 0.3 is 7.60 Å². The van der Waals surface area contributed by atoms with Crippen LogP contribution in [-0.2, 0) is 15.7 Å². The second-order valence-corrected chi connectivity index (χ2v) is 4.73. The summed E-state index contributed by atoms with van der Waals surface area (Å²) in [6.07, 6.45) is 0. The van der Waals surface area contributed by atoms with Gasteiger partial charge in [-0.1, -0.05) is 18.2 Å². The van der Waals surface area contributed by atoms with E-state index in [0.717, 1.165) is 5.56 Å². The molecule has 4 heteroatoms. The lowest BCUT2D eigenvalue weighted by atomic mass is 10.2. The highest BCUT2D eigenvalue weighted by molar-refractivity contribution is 7.53. The molecule has 1 aliphatic rings. The van der Waals surface area contributed by atoms with E-state index in [1.807, 2.05) is 18.2 Å². The lowest BCUT2D eigenvalue weighted by molar-refractivity contribution is 0.237. The maximum absolute atomic E-state index is 11.4. The minimum atomic E-state index is -2.82. The molecule has 0 spiro atoms. The third kappa shape index (κ3) is 1.38. The molecule has 64 valence electrons. The van der Waals surface area contributed by atoms with Gasteiger partial charge in [-0.05, 0) is 6.07 Å². The van der Waals surface area contributed by atoms with Crippen molar-refractivity contribution in [1.29, 1.82) is 0 Å². The van der Waals surface area contributed by atoms with Crippen LogP contribution in [0.2, 0.25) is 0 Å². The Morgan fingerprint density at radius 2 is 2.17 bits per heavy atom. The Bertz CT molecular complexity index is 348. The molecule has 2 rings (SSSR count). The van der Waals surface area contributed by atoms with Gasteiger partial charge in [-0.25, -0.2) is 4.57 Å². The molecule has 1 aromatic rings. The van der Waals surface area contributed by atoms with Crippen molar-refractivity contribution in [1.82, 2.24) is 0 Å². The highest BCUT2D eigenvalue weighted by Gasteiger charge is 2.25. The summed E-state index contributed by atoms with van der Waals surface area (Å²) in [7, 11) is -2.82. The zero-order valence-corrected chi connectivity index (χ0v) is 7.58. The number of benzene rings is 1. The van der Waals surface area contributed by atoms with Crippen LogP contribution in [-0.4, -0.2) is 6.66 Å². The maximum Gasteiger partial charge on any atom is 0.376 e. The average molecular weight is 184 g/mol. The highest BCUT2D eigenvalue weighted by atomic mass is 31.2. The molecule has 0 saturated heterocycles. The molecule has 3 nitrogen and oxygen atoms in total. The van der Waals surface area contributed by atoms with Gasteiger partial charge in [0, 0.05) is 12.2 Å². The van der Waals surface area contributed by atoms with E-state index in [4.69, 9.17) is 9.05 Å². The molecule has 0 aromatic heterocycles. The summed E-state index contributed by atoms with van der Waals surface area (Å²) < 4.78 is 21.5. The second-order valence-electron chi connectivity index (χ2n) is 2.74. The molecular formula is C8H9O3P. The molecule has 12 heavy (non-hydrogen) atoms. The van der Waals surface area contributed by atoms with E-state index in [1.165, 1.54) is 6.66 Å². The molecule has 1 aliphatic heterocycles. The molecule has 0 fully saturated rings. The van der Waals surface area contributed by atoms with Crippen LogP contribution in [0.15, 0.2) is 24.3 Å². The Labute approximate surface area is 70.8 Å².